The zero-order chi connectivity index (χ0) is 52.7. The maximum atomic E-state index is 14.5. The Morgan fingerprint density at radius 2 is 1.06 bits per heavy atom. The van der Waals surface area contributed by atoms with Gasteiger partial charge in [-0.05, 0) is 82.5 Å². The zero-order valence-corrected chi connectivity index (χ0v) is 41.6. The Balaban J connectivity index is 1.81. The van der Waals surface area contributed by atoms with Gasteiger partial charge in [0.25, 0.3) is 0 Å². The molecule has 11 atom stereocenters. The van der Waals surface area contributed by atoms with Crippen molar-refractivity contribution in [2.45, 2.75) is 186 Å². The summed E-state index contributed by atoms with van der Waals surface area (Å²) in [5, 5.41) is 32.0. The van der Waals surface area contributed by atoms with Crippen molar-refractivity contribution in [3.8, 4) is 0 Å². The fourth-order valence-electron chi connectivity index (χ4n) is 9.14. The number of aliphatic hydroxyl groups excluding tert-OH is 1. The molecule has 3 saturated heterocycles. The number of hydrogen-bond acceptors (Lipinski definition) is 13. The molecule has 3 fully saturated rings. The Morgan fingerprint density at radius 1 is 0.586 bits per heavy atom. The zero-order valence-electron chi connectivity index (χ0n) is 41.6. The van der Waals surface area contributed by atoms with Crippen LogP contribution in [0, 0.1) is 17.8 Å². The number of carboxylic acid groups (broad SMARTS) is 1. The van der Waals surface area contributed by atoms with Crippen molar-refractivity contribution in [2.75, 3.05) is 19.6 Å². The van der Waals surface area contributed by atoms with E-state index in [1.807, 2.05) is 13.8 Å². The number of carbonyl (C=O) groups is 11. The number of aliphatic hydroxyl groups is 1. The molecule has 3 aliphatic heterocycles. The fraction of sp³-hybridized carbons (Fsp3) is 0.761. The minimum Gasteiger partial charge on any atom is -0.480 e. The van der Waals surface area contributed by atoms with Crippen molar-refractivity contribution in [3.63, 3.8) is 0 Å². The topological polar surface area (TPSA) is 376 Å². The lowest BCUT2D eigenvalue weighted by Crippen LogP contribution is -2.61. The summed E-state index contributed by atoms with van der Waals surface area (Å²) in [6, 6.07) is -11.2. The van der Waals surface area contributed by atoms with Gasteiger partial charge in [0.2, 0.25) is 59.1 Å². The predicted octanol–water partition coefficient (Wildman–Crippen LogP) is -2.54. The molecule has 10 amide bonds. The molecule has 0 spiro atoms. The molecular formula is C46H77N11O13. The Kier molecular flexibility index (Phi) is 22.4. The van der Waals surface area contributed by atoms with Gasteiger partial charge in [-0.1, -0.05) is 48.0 Å². The van der Waals surface area contributed by atoms with Gasteiger partial charge in [0.1, 0.15) is 42.3 Å². The molecule has 0 radical (unpaired) electrons. The molecule has 24 heteroatoms. The summed E-state index contributed by atoms with van der Waals surface area (Å²) in [7, 11) is 0. The van der Waals surface area contributed by atoms with Crippen LogP contribution in [0.15, 0.2) is 0 Å². The van der Waals surface area contributed by atoms with E-state index < -0.39 is 138 Å². The molecule has 0 saturated carbocycles. The summed E-state index contributed by atoms with van der Waals surface area (Å²) >= 11 is 0. The van der Waals surface area contributed by atoms with E-state index in [0.717, 1.165) is 0 Å². The van der Waals surface area contributed by atoms with Gasteiger partial charge in [-0.15, -0.1) is 0 Å². The third-order valence-corrected chi connectivity index (χ3v) is 13.1. The van der Waals surface area contributed by atoms with Crippen LogP contribution in [0.4, 0.5) is 0 Å². The van der Waals surface area contributed by atoms with Gasteiger partial charge >= 0.3 is 5.97 Å². The third-order valence-electron chi connectivity index (χ3n) is 13.1. The highest BCUT2D eigenvalue weighted by atomic mass is 16.4. The maximum Gasteiger partial charge on any atom is 0.328 e. The highest BCUT2D eigenvalue weighted by molar-refractivity contribution is 5.99. The van der Waals surface area contributed by atoms with Gasteiger partial charge in [-0.25, -0.2) is 4.79 Å². The number of aliphatic carboxylic acids is 1. The van der Waals surface area contributed by atoms with Crippen molar-refractivity contribution >= 4 is 65.0 Å². The Labute approximate surface area is 409 Å². The smallest absolute Gasteiger partial charge is 0.328 e. The SMILES string of the molecule is CC[C@H](C)[C@H](NC(=O)[C@H](CC(N)=O)NC(=O)[C@H](CCC(N)=O)NC(=O)[C@@H]1CCCN1C(=O)[C@@H](N)CC(C)C)C(=O)N1CCC[C@H]1C(=O)N1CCC[C@H]1C(=O)N[C@@H](CC(C)C)C(=O)N[C@H](C(=O)O)[C@@H](C)O. The Hall–Kier alpha value is -5.91. The highest BCUT2D eigenvalue weighted by Crippen LogP contribution is 2.27. The van der Waals surface area contributed by atoms with Gasteiger partial charge < -0.3 is 68.7 Å². The molecule has 0 aliphatic carbocycles. The fourth-order valence-corrected chi connectivity index (χ4v) is 9.14. The predicted molar refractivity (Wildman–Crippen MR) is 252 cm³/mol. The van der Waals surface area contributed by atoms with E-state index in [9.17, 15) is 63.0 Å². The quantitative estimate of drug-likeness (QED) is 0.0427. The molecular weight excluding hydrogens is 915 g/mol. The van der Waals surface area contributed by atoms with Crippen LogP contribution in [0.2, 0.25) is 0 Å². The number of primary amides is 2. The molecule has 0 bridgehead atoms. The molecule has 394 valence electrons. The molecule has 0 aromatic rings. The molecule has 3 heterocycles. The van der Waals surface area contributed by atoms with Crippen LogP contribution in [-0.2, 0) is 52.7 Å². The van der Waals surface area contributed by atoms with Crippen LogP contribution in [-0.4, -0.2) is 170 Å². The number of amides is 10. The van der Waals surface area contributed by atoms with Crippen LogP contribution in [0.1, 0.15) is 126 Å². The van der Waals surface area contributed by atoms with E-state index in [1.165, 1.54) is 21.6 Å². The van der Waals surface area contributed by atoms with Gasteiger partial charge in [-0.2, -0.15) is 0 Å². The standard InChI is InChI=1S/C46H77N11O13/c1-8-25(6)36(45(68)57-19-11-14-33(57)44(67)56-18-10-13-32(56)42(65)52-29(21-24(4)5)39(62)54-37(26(7)58)46(69)70)53-40(63)30(22-35(49)60)51-38(61)28(15-16-34(48)59)50-41(64)31-12-9-17-55(31)43(66)27(47)20-23(2)3/h23-33,36-37,58H,8-22,47H2,1-7H3,(H2,48,59)(H2,49,60)(H,50,64)(H,51,61)(H,52,65)(H,53,63)(H,54,62)(H,69,70)/t25-,26+,27-,28-,29-,30-,31-,32-,33-,36-,37-/m0/s1. The summed E-state index contributed by atoms with van der Waals surface area (Å²) in [4.78, 5) is 151. The molecule has 3 rings (SSSR count). The normalized spacial score (nSPS) is 21.4. The first-order valence-corrected chi connectivity index (χ1v) is 24.5. The van der Waals surface area contributed by atoms with E-state index in [0.29, 0.717) is 32.1 Å². The minimum atomic E-state index is -1.68. The largest absolute Gasteiger partial charge is 0.480 e. The first kappa shape index (κ1) is 58.4. The second kappa shape index (κ2) is 26.9. The van der Waals surface area contributed by atoms with E-state index >= 15 is 0 Å². The number of nitrogens with two attached hydrogens (primary N) is 3. The van der Waals surface area contributed by atoms with Crippen LogP contribution in [0.5, 0.6) is 0 Å². The first-order chi connectivity index (χ1) is 32.8. The van der Waals surface area contributed by atoms with Crippen molar-refractivity contribution in [1.29, 1.82) is 0 Å². The number of nitrogens with zero attached hydrogens (tertiary/aromatic N) is 3. The molecule has 13 N–H and O–H groups in total. The highest BCUT2D eigenvalue weighted by Gasteiger charge is 2.46. The van der Waals surface area contributed by atoms with Gasteiger partial charge in [0.15, 0.2) is 6.04 Å². The van der Waals surface area contributed by atoms with E-state index in [2.05, 4.69) is 26.6 Å². The van der Waals surface area contributed by atoms with Crippen LogP contribution < -0.4 is 43.8 Å². The Bertz CT molecular complexity index is 1930. The van der Waals surface area contributed by atoms with Crippen molar-refractivity contribution in [3.05, 3.63) is 0 Å². The number of hydrogen-bond donors (Lipinski definition) is 10. The first-order valence-electron chi connectivity index (χ1n) is 24.5. The summed E-state index contributed by atoms with van der Waals surface area (Å²) in [6.07, 6.45) is 0.0386. The number of carboxylic acids is 1. The monoisotopic (exact) mass is 992 g/mol. The van der Waals surface area contributed by atoms with Crippen molar-refractivity contribution in [2.24, 2.45) is 35.0 Å². The summed E-state index contributed by atoms with van der Waals surface area (Å²) in [5.41, 5.74) is 17.1. The van der Waals surface area contributed by atoms with Gasteiger partial charge in [0.05, 0.1) is 18.6 Å². The molecule has 70 heavy (non-hydrogen) atoms. The van der Waals surface area contributed by atoms with E-state index in [4.69, 9.17) is 17.2 Å². The lowest BCUT2D eigenvalue weighted by Gasteiger charge is -2.35. The Morgan fingerprint density at radius 3 is 1.56 bits per heavy atom. The second-order valence-corrected chi connectivity index (χ2v) is 19.7. The summed E-state index contributed by atoms with van der Waals surface area (Å²) in [5.74, 6) is -9.61. The molecule has 0 aromatic heterocycles. The number of carbonyl (C=O) groups excluding carboxylic acids is 10. The number of rotatable bonds is 26. The molecule has 0 aromatic carbocycles. The van der Waals surface area contributed by atoms with Crippen molar-refractivity contribution < 1.29 is 63.0 Å². The third kappa shape index (κ3) is 16.3. The summed E-state index contributed by atoms with van der Waals surface area (Å²) < 4.78 is 0. The van der Waals surface area contributed by atoms with Crippen molar-refractivity contribution in [1.82, 2.24) is 41.3 Å². The number of likely N-dealkylation sites (tertiary alicyclic amines) is 3. The van der Waals surface area contributed by atoms with Gasteiger partial charge in [0, 0.05) is 26.1 Å². The summed E-state index contributed by atoms with van der Waals surface area (Å²) in [6.45, 7) is 12.6. The molecule has 0 unspecified atom stereocenters. The molecule has 24 nitrogen and oxygen atoms in total. The lowest BCUT2D eigenvalue weighted by atomic mass is 9.96. The van der Waals surface area contributed by atoms with E-state index in [-0.39, 0.29) is 70.0 Å². The minimum absolute atomic E-state index is 0.109. The van der Waals surface area contributed by atoms with E-state index in [1.54, 1.807) is 27.7 Å². The van der Waals surface area contributed by atoms with Crippen LogP contribution in [0.3, 0.4) is 0 Å². The lowest BCUT2D eigenvalue weighted by molar-refractivity contribution is -0.149. The van der Waals surface area contributed by atoms with Crippen LogP contribution >= 0.6 is 0 Å². The maximum absolute atomic E-state index is 14.5. The average molecular weight is 992 g/mol. The van der Waals surface area contributed by atoms with Crippen LogP contribution in [0.25, 0.3) is 0 Å². The number of nitrogens with one attached hydrogen (secondary N) is 5. The molecule has 3 aliphatic rings. The average Bonchev–Trinajstić information content (AvgIpc) is 4.08. The second-order valence-electron chi connectivity index (χ2n) is 19.7. The van der Waals surface area contributed by atoms with Gasteiger partial charge in [-0.3, -0.25) is 47.9 Å².